The minimum Gasteiger partial charge on any atom is -0.422 e. The van der Waals surface area contributed by atoms with Crippen molar-refractivity contribution in [2.24, 2.45) is 0 Å². The fourth-order valence-electron chi connectivity index (χ4n) is 0.573. The topological polar surface area (TPSA) is 42.4 Å². The first kappa shape index (κ1) is 7.53. The quantitative estimate of drug-likeness (QED) is 0.612. The predicted molar refractivity (Wildman–Crippen MR) is 38.8 cm³/mol. The molecule has 0 atom stereocenters. The van der Waals surface area contributed by atoms with Gasteiger partial charge in [-0.2, -0.15) is 0 Å². The van der Waals surface area contributed by atoms with E-state index in [-0.39, 0.29) is 0 Å². The fourth-order valence-corrected chi connectivity index (χ4v) is 0.676. The number of rotatable bonds is 2. The van der Waals surface area contributed by atoms with Crippen LogP contribution in [0, 0.1) is 0 Å². The molecule has 3 nitrogen and oxygen atoms in total. The summed E-state index contributed by atoms with van der Waals surface area (Å²) in [5.74, 6) is 0. The van der Waals surface area contributed by atoms with Gasteiger partial charge in [-0.25, -0.2) is 0 Å². The monoisotopic (exact) mass is 157 g/mol. The molecular formula is C5H5BClNO2. The molecular weight excluding hydrogens is 152 g/mol. The Bertz CT molecular complexity index is 196. The molecule has 0 aliphatic heterocycles. The molecule has 1 N–H and O–H groups in total. The van der Waals surface area contributed by atoms with Gasteiger partial charge in [-0.1, -0.05) is 6.07 Å². The van der Waals surface area contributed by atoms with Crippen LogP contribution < -0.4 is 5.46 Å². The van der Waals surface area contributed by atoms with Gasteiger partial charge in [-0.05, 0) is 6.07 Å². The number of hydrogen-bond acceptors (Lipinski definition) is 3. The van der Waals surface area contributed by atoms with Gasteiger partial charge in [0.05, 0.1) is 0 Å². The molecule has 0 unspecified atom stereocenters. The van der Waals surface area contributed by atoms with Crippen LogP contribution >= 0.6 is 11.9 Å². The lowest BCUT2D eigenvalue weighted by molar-refractivity contribution is 0.457. The average molecular weight is 157 g/mol. The van der Waals surface area contributed by atoms with E-state index in [9.17, 15) is 0 Å². The predicted octanol–water partition coefficient (Wildman–Crippen LogP) is -0.0605. The standard InChI is InChI=1S/C5H5BClNO2/c7-10-6(9)5-2-1-3-8-4-5/h1-4,9H. The Labute approximate surface area is 63.9 Å². The number of nitrogens with zero attached hydrogens (tertiary/aromatic N) is 1. The Morgan fingerprint density at radius 2 is 2.50 bits per heavy atom. The first-order valence-electron chi connectivity index (χ1n) is 2.70. The van der Waals surface area contributed by atoms with Crippen LogP contribution in [0.3, 0.4) is 0 Å². The molecule has 5 heteroatoms. The Kier molecular flexibility index (Phi) is 2.68. The lowest BCUT2D eigenvalue weighted by Crippen LogP contribution is -2.30. The second-order valence-corrected chi connectivity index (χ2v) is 1.91. The molecule has 0 aliphatic rings. The SMILES string of the molecule is OB(OCl)c1cccnc1. The van der Waals surface area contributed by atoms with Crippen LogP contribution in [0.15, 0.2) is 24.5 Å². The summed E-state index contributed by atoms with van der Waals surface area (Å²) < 4.78 is 4.12. The highest BCUT2D eigenvalue weighted by atomic mass is 35.5. The van der Waals surface area contributed by atoms with Crippen molar-refractivity contribution in [3.8, 4) is 0 Å². The molecule has 0 bridgehead atoms. The lowest BCUT2D eigenvalue weighted by Gasteiger charge is -1.97. The van der Waals surface area contributed by atoms with Gasteiger partial charge in [0.2, 0.25) is 0 Å². The molecule has 0 saturated carbocycles. The fraction of sp³-hybridized carbons (Fsp3) is 0. The summed E-state index contributed by atoms with van der Waals surface area (Å²) in [6, 6.07) is 3.36. The summed E-state index contributed by atoms with van der Waals surface area (Å²) in [6.45, 7) is 0. The van der Waals surface area contributed by atoms with E-state index in [0.717, 1.165) is 0 Å². The summed E-state index contributed by atoms with van der Waals surface area (Å²) in [5.41, 5.74) is 0.539. The van der Waals surface area contributed by atoms with Crippen LogP contribution in [0.4, 0.5) is 0 Å². The van der Waals surface area contributed by atoms with E-state index in [2.05, 4.69) is 9.19 Å². The zero-order valence-corrected chi connectivity index (χ0v) is 5.82. The van der Waals surface area contributed by atoms with E-state index >= 15 is 0 Å². The molecule has 0 radical (unpaired) electrons. The Balaban J connectivity index is 2.75. The zero-order valence-electron chi connectivity index (χ0n) is 5.07. The number of halogens is 1. The molecule has 0 saturated heterocycles. The third kappa shape index (κ3) is 1.70. The minimum absolute atomic E-state index is 0.539. The molecule has 0 fully saturated rings. The van der Waals surface area contributed by atoms with E-state index < -0.39 is 7.12 Å². The van der Waals surface area contributed by atoms with Crippen LogP contribution in [0.5, 0.6) is 0 Å². The van der Waals surface area contributed by atoms with Gasteiger partial charge in [0.15, 0.2) is 0 Å². The summed E-state index contributed by atoms with van der Waals surface area (Å²) in [4.78, 5) is 3.76. The first-order valence-corrected chi connectivity index (χ1v) is 3.01. The molecule has 1 rings (SSSR count). The Hall–Kier alpha value is -0.575. The maximum Gasteiger partial charge on any atom is 0.509 e. The van der Waals surface area contributed by atoms with Crippen LogP contribution in [-0.2, 0) is 4.21 Å². The summed E-state index contributed by atoms with van der Waals surface area (Å²) in [6.07, 6.45) is 3.08. The Morgan fingerprint density at radius 3 is 3.00 bits per heavy atom. The second-order valence-electron chi connectivity index (χ2n) is 1.73. The molecule has 0 spiro atoms. The van der Waals surface area contributed by atoms with Crippen LogP contribution in [0.25, 0.3) is 0 Å². The maximum atomic E-state index is 8.94. The van der Waals surface area contributed by atoms with Crippen LogP contribution in [-0.4, -0.2) is 17.1 Å². The van der Waals surface area contributed by atoms with Crippen LogP contribution in [0.2, 0.25) is 0 Å². The normalized spacial score (nSPS) is 9.40. The van der Waals surface area contributed by atoms with Gasteiger partial charge in [-0.15, -0.1) is 0 Å². The highest BCUT2D eigenvalue weighted by Gasteiger charge is 2.14. The highest BCUT2D eigenvalue weighted by Crippen LogP contribution is 1.86. The van der Waals surface area contributed by atoms with Crippen molar-refractivity contribution in [3.63, 3.8) is 0 Å². The summed E-state index contributed by atoms with van der Waals surface area (Å²) in [7, 11) is -1.09. The van der Waals surface area contributed by atoms with Crippen molar-refractivity contribution < 1.29 is 9.23 Å². The smallest absolute Gasteiger partial charge is 0.422 e. The van der Waals surface area contributed by atoms with Gasteiger partial charge < -0.3 is 9.23 Å². The maximum absolute atomic E-state index is 8.94. The summed E-state index contributed by atoms with van der Waals surface area (Å²) >= 11 is 4.91. The van der Waals surface area contributed by atoms with Crippen molar-refractivity contribution in [2.75, 3.05) is 0 Å². The van der Waals surface area contributed by atoms with E-state index in [0.29, 0.717) is 5.46 Å². The van der Waals surface area contributed by atoms with Gasteiger partial charge in [0.25, 0.3) is 0 Å². The minimum atomic E-state index is -1.09. The van der Waals surface area contributed by atoms with Gasteiger partial charge in [-0.3, -0.25) is 4.98 Å². The molecule has 1 aromatic rings. The molecule has 1 heterocycles. The van der Waals surface area contributed by atoms with Crippen molar-refractivity contribution in [3.05, 3.63) is 24.5 Å². The van der Waals surface area contributed by atoms with Crippen LogP contribution in [0.1, 0.15) is 0 Å². The third-order valence-electron chi connectivity index (χ3n) is 1.05. The van der Waals surface area contributed by atoms with E-state index in [1.807, 2.05) is 0 Å². The largest absolute Gasteiger partial charge is 0.509 e. The van der Waals surface area contributed by atoms with Gasteiger partial charge >= 0.3 is 7.12 Å². The van der Waals surface area contributed by atoms with Gasteiger partial charge in [0.1, 0.15) is 0 Å². The molecule has 1 aromatic heterocycles. The number of aromatic nitrogens is 1. The number of hydrogen-bond donors (Lipinski definition) is 1. The summed E-state index contributed by atoms with van der Waals surface area (Å²) in [5, 5.41) is 8.94. The zero-order chi connectivity index (χ0) is 7.40. The molecule has 52 valence electrons. The molecule has 0 amide bonds. The van der Waals surface area contributed by atoms with Crippen molar-refractivity contribution in [1.82, 2.24) is 4.98 Å². The lowest BCUT2D eigenvalue weighted by atomic mass is 9.82. The average Bonchev–Trinajstić information content (AvgIpc) is 2.05. The van der Waals surface area contributed by atoms with Crippen molar-refractivity contribution in [1.29, 1.82) is 0 Å². The molecule has 0 aliphatic carbocycles. The number of pyridine rings is 1. The first-order chi connectivity index (χ1) is 4.84. The van der Waals surface area contributed by atoms with E-state index in [1.54, 1.807) is 18.3 Å². The third-order valence-corrected chi connectivity index (χ3v) is 1.22. The van der Waals surface area contributed by atoms with Crippen molar-refractivity contribution >= 4 is 24.4 Å². The Morgan fingerprint density at radius 1 is 1.70 bits per heavy atom. The highest BCUT2D eigenvalue weighted by molar-refractivity contribution is 6.63. The van der Waals surface area contributed by atoms with E-state index in [1.165, 1.54) is 6.20 Å². The second kappa shape index (κ2) is 3.56. The van der Waals surface area contributed by atoms with E-state index in [4.69, 9.17) is 16.9 Å². The van der Waals surface area contributed by atoms with Crippen molar-refractivity contribution in [2.45, 2.75) is 0 Å². The van der Waals surface area contributed by atoms with Gasteiger partial charge in [0, 0.05) is 29.7 Å². The molecule has 0 aromatic carbocycles. The molecule has 10 heavy (non-hydrogen) atoms.